The number of hydrogen-bond acceptors (Lipinski definition) is 4. The van der Waals surface area contributed by atoms with Crippen LogP contribution in [0.2, 0.25) is 0 Å². The molecule has 1 aromatic heterocycles. The lowest BCUT2D eigenvalue weighted by Gasteiger charge is -2.18. The molecule has 1 amide bonds. The lowest BCUT2D eigenvalue weighted by molar-refractivity contribution is -0.122. The Labute approximate surface area is 93.5 Å². The fourth-order valence-corrected chi connectivity index (χ4v) is 1.95. The zero-order chi connectivity index (χ0) is 11.4. The molecule has 1 aliphatic carbocycles. The molecule has 0 aliphatic heterocycles. The highest BCUT2D eigenvalue weighted by Crippen LogP contribution is 2.38. The van der Waals surface area contributed by atoms with Crippen LogP contribution in [-0.2, 0) is 4.79 Å². The second kappa shape index (κ2) is 4.27. The van der Waals surface area contributed by atoms with E-state index in [2.05, 4.69) is 21.4 Å². The van der Waals surface area contributed by atoms with Gasteiger partial charge in [-0.15, -0.1) is 0 Å². The molecule has 1 fully saturated rings. The predicted molar refractivity (Wildman–Crippen MR) is 57.2 cm³/mol. The van der Waals surface area contributed by atoms with Crippen LogP contribution in [0.5, 0.6) is 0 Å². The molecule has 5 heteroatoms. The van der Waals surface area contributed by atoms with Crippen molar-refractivity contribution in [3.05, 3.63) is 18.5 Å². The van der Waals surface area contributed by atoms with Gasteiger partial charge in [0.1, 0.15) is 5.41 Å². The standard InChI is InChI=1S/C11H12N4O/c12-8-11(4-1-2-5-11)9(16)15-10-13-6-3-7-14-10/h3,6-7H,1-2,4-5H2,(H,13,14,15,16). The average molecular weight is 216 g/mol. The SMILES string of the molecule is N#CC1(C(=O)Nc2ncccn2)CCCC1. The number of carbonyl (C=O) groups is 1. The zero-order valence-electron chi connectivity index (χ0n) is 8.81. The Kier molecular flexibility index (Phi) is 2.82. The van der Waals surface area contributed by atoms with Gasteiger partial charge in [-0.05, 0) is 18.9 Å². The Balaban J connectivity index is 2.11. The number of carbonyl (C=O) groups excluding carboxylic acids is 1. The highest BCUT2D eigenvalue weighted by molar-refractivity contribution is 5.96. The Bertz CT molecular complexity index is 417. The van der Waals surface area contributed by atoms with Crippen LogP contribution in [0.25, 0.3) is 0 Å². The van der Waals surface area contributed by atoms with Crippen molar-refractivity contribution in [3.63, 3.8) is 0 Å². The van der Waals surface area contributed by atoms with E-state index < -0.39 is 5.41 Å². The Hall–Kier alpha value is -1.96. The predicted octanol–water partition coefficient (Wildman–Crippen LogP) is 1.50. The van der Waals surface area contributed by atoms with E-state index in [1.165, 1.54) is 0 Å². The van der Waals surface area contributed by atoms with Gasteiger partial charge >= 0.3 is 0 Å². The number of nitrogens with one attached hydrogen (secondary N) is 1. The van der Waals surface area contributed by atoms with Crippen LogP contribution in [0, 0.1) is 16.7 Å². The van der Waals surface area contributed by atoms with E-state index in [9.17, 15) is 4.79 Å². The first kappa shape index (κ1) is 10.6. The maximum atomic E-state index is 12.0. The molecule has 0 spiro atoms. The highest BCUT2D eigenvalue weighted by atomic mass is 16.2. The highest BCUT2D eigenvalue weighted by Gasteiger charge is 2.41. The van der Waals surface area contributed by atoms with Crippen LogP contribution in [0.15, 0.2) is 18.5 Å². The molecule has 1 heterocycles. The minimum Gasteiger partial charge on any atom is -0.293 e. The van der Waals surface area contributed by atoms with Gasteiger partial charge in [-0.3, -0.25) is 10.1 Å². The summed E-state index contributed by atoms with van der Waals surface area (Å²) in [6.07, 6.45) is 6.21. The Morgan fingerprint density at radius 3 is 2.56 bits per heavy atom. The molecule has 1 aliphatic rings. The summed E-state index contributed by atoms with van der Waals surface area (Å²) >= 11 is 0. The summed E-state index contributed by atoms with van der Waals surface area (Å²) in [7, 11) is 0. The summed E-state index contributed by atoms with van der Waals surface area (Å²) in [6.45, 7) is 0. The second-order valence-electron chi connectivity index (χ2n) is 3.93. The molecule has 0 atom stereocenters. The third-order valence-electron chi connectivity index (χ3n) is 2.90. The lowest BCUT2D eigenvalue weighted by Crippen LogP contribution is -2.32. The molecule has 2 rings (SSSR count). The topological polar surface area (TPSA) is 78.7 Å². The number of aromatic nitrogens is 2. The Morgan fingerprint density at radius 1 is 1.38 bits per heavy atom. The van der Waals surface area contributed by atoms with E-state index in [4.69, 9.17) is 5.26 Å². The van der Waals surface area contributed by atoms with Crippen LogP contribution < -0.4 is 5.32 Å². The molecule has 1 saturated carbocycles. The first-order chi connectivity index (χ1) is 7.77. The molecule has 1 N–H and O–H groups in total. The van der Waals surface area contributed by atoms with Gasteiger partial charge in [0.25, 0.3) is 0 Å². The third-order valence-corrected chi connectivity index (χ3v) is 2.90. The van der Waals surface area contributed by atoms with Crippen molar-refractivity contribution < 1.29 is 4.79 Å². The second-order valence-corrected chi connectivity index (χ2v) is 3.93. The number of anilines is 1. The van der Waals surface area contributed by atoms with Crippen LogP contribution in [0.1, 0.15) is 25.7 Å². The normalized spacial score (nSPS) is 17.7. The van der Waals surface area contributed by atoms with Crippen LogP contribution in [0.3, 0.4) is 0 Å². The van der Waals surface area contributed by atoms with Crippen LogP contribution in [0.4, 0.5) is 5.95 Å². The number of hydrogen-bond donors (Lipinski definition) is 1. The minimum absolute atomic E-state index is 0.258. The van der Waals surface area contributed by atoms with E-state index in [-0.39, 0.29) is 11.9 Å². The number of rotatable bonds is 2. The summed E-state index contributed by atoms with van der Waals surface area (Å²) in [5.74, 6) is -0.0206. The average Bonchev–Trinajstić information content (AvgIpc) is 2.80. The maximum Gasteiger partial charge on any atom is 0.247 e. The molecule has 0 saturated heterocycles. The monoisotopic (exact) mass is 216 g/mol. The van der Waals surface area contributed by atoms with Gasteiger partial charge in [0.2, 0.25) is 11.9 Å². The first-order valence-electron chi connectivity index (χ1n) is 5.27. The minimum atomic E-state index is -0.876. The molecule has 0 unspecified atom stereocenters. The lowest BCUT2D eigenvalue weighted by atomic mass is 9.87. The molecule has 0 aromatic carbocycles. The Morgan fingerprint density at radius 2 is 2.00 bits per heavy atom. The van der Waals surface area contributed by atoms with Crippen molar-refractivity contribution in [2.45, 2.75) is 25.7 Å². The molecule has 16 heavy (non-hydrogen) atoms. The maximum absolute atomic E-state index is 12.0. The smallest absolute Gasteiger partial charge is 0.247 e. The summed E-state index contributed by atoms with van der Waals surface area (Å²) in [5, 5.41) is 11.7. The van der Waals surface area contributed by atoms with E-state index in [0.29, 0.717) is 12.8 Å². The van der Waals surface area contributed by atoms with Gasteiger partial charge in [-0.25, -0.2) is 9.97 Å². The van der Waals surface area contributed by atoms with Crippen molar-refractivity contribution in [3.8, 4) is 6.07 Å². The summed E-state index contributed by atoms with van der Waals surface area (Å²) in [5.41, 5.74) is -0.876. The van der Waals surface area contributed by atoms with Crippen molar-refractivity contribution in [2.24, 2.45) is 5.41 Å². The molecule has 0 radical (unpaired) electrons. The fraction of sp³-hybridized carbons (Fsp3) is 0.455. The summed E-state index contributed by atoms with van der Waals surface area (Å²) in [6, 6.07) is 3.80. The molecule has 0 bridgehead atoms. The summed E-state index contributed by atoms with van der Waals surface area (Å²) < 4.78 is 0. The van der Waals surface area contributed by atoms with Gasteiger partial charge in [-0.2, -0.15) is 5.26 Å². The largest absolute Gasteiger partial charge is 0.293 e. The van der Waals surface area contributed by atoms with E-state index >= 15 is 0 Å². The van der Waals surface area contributed by atoms with Crippen molar-refractivity contribution in [1.29, 1.82) is 5.26 Å². The fourth-order valence-electron chi connectivity index (χ4n) is 1.95. The van der Waals surface area contributed by atoms with E-state index in [1.807, 2.05) is 0 Å². The van der Waals surface area contributed by atoms with Gasteiger partial charge < -0.3 is 0 Å². The van der Waals surface area contributed by atoms with Gasteiger partial charge in [-0.1, -0.05) is 12.8 Å². The molecular weight excluding hydrogens is 204 g/mol. The zero-order valence-corrected chi connectivity index (χ0v) is 8.81. The number of nitriles is 1. The molecule has 5 nitrogen and oxygen atoms in total. The third kappa shape index (κ3) is 1.87. The van der Waals surface area contributed by atoms with Gasteiger partial charge in [0.05, 0.1) is 6.07 Å². The van der Waals surface area contributed by atoms with Gasteiger partial charge in [0.15, 0.2) is 0 Å². The van der Waals surface area contributed by atoms with E-state index in [1.54, 1.807) is 18.5 Å². The van der Waals surface area contributed by atoms with Crippen LogP contribution >= 0.6 is 0 Å². The van der Waals surface area contributed by atoms with Crippen molar-refractivity contribution in [1.82, 2.24) is 9.97 Å². The van der Waals surface area contributed by atoms with Crippen LogP contribution in [-0.4, -0.2) is 15.9 Å². The van der Waals surface area contributed by atoms with Gasteiger partial charge in [0, 0.05) is 12.4 Å². The molecule has 82 valence electrons. The molecular formula is C11H12N4O. The number of amides is 1. The first-order valence-corrected chi connectivity index (χ1v) is 5.27. The van der Waals surface area contributed by atoms with Crippen molar-refractivity contribution in [2.75, 3.05) is 5.32 Å². The molecule has 1 aromatic rings. The summed E-state index contributed by atoms with van der Waals surface area (Å²) in [4.78, 5) is 19.8. The number of nitrogens with zero attached hydrogens (tertiary/aromatic N) is 3. The quantitative estimate of drug-likeness (QED) is 0.812. The van der Waals surface area contributed by atoms with Crippen molar-refractivity contribution >= 4 is 11.9 Å². The van der Waals surface area contributed by atoms with E-state index in [0.717, 1.165) is 12.8 Å².